The van der Waals surface area contributed by atoms with Gasteiger partial charge in [0.25, 0.3) is 5.91 Å². The van der Waals surface area contributed by atoms with Crippen molar-refractivity contribution in [2.75, 3.05) is 5.32 Å². The zero-order valence-corrected chi connectivity index (χ0v) is 15.4. The standard InChI is InChI=1S/C21H18FN5O/c1-14-12-15(2)27(24-14)19-9-8-16(13-18(19)22)21(28)23-20-10-11-26(25-20)17-6-4-3-5-7-17/h3-13H,1-2H3,(H,23,25,28). The van der Waals surface area contributed by atoms with E-state index >= 15 is 0 Å². The highest BCUT2D eigenvalue weighted by molar-refractivity contribution is 6.03. The van der Waals surface area contributed by atoms with Gasteiger partial charge in [0.1, 0.15) is 11.5 Å². The second kappa shape index (κ2) is 7.11. The molecule has 0 saturated heterocycles. The molecule has 2 aromatic heterocycles. The number of nitrogens with one attached hydrogen (secondary N) is 1. The van der Waals surface area contributed by atoms with Crippen LogP contribution in [-0.4, -0.2) is 25.5 Å². The number of halogens is 1. The lowest BCUT2D eigenvalue weighted by atomic mass is 10.2. The molecule has 1 N–H and O–H groups in total. The number of para-hydroxylation sites is 1. The fourth-order valence-electron chi connectivity index (χ4n) is 3.00. The normalized spacial score (nSPS) is 10.8. The van der Waals surface area contributed by atoms with Crippen LogP contribution < -0.4 is 5.32 Å². The molecule has 0 fully saturated rings. The Morgan fingerprint density at radius 3 is 2.46 bits per heavy atom. The molecule has 0 aliphatic rings. The summed E-state index contributed by atoms with van der Waals surface area (Å²) in [6.07, 6.45) is 1.75. The van der Waals surface area contributed by atoms with Gasteiger partial charge in [-0.2, -0.15) is 10.2 Å². The molecule has 0 radical (unpaired) electrons. The fourth-order valence-corrected chi connectivity index (χ4v) is 3.00. The number of anilines is 1. The summed E-state index contributed by atoms with van der Waals surface area (Å²) in [5, 5.41) is 11.3. The molecule has 0 atom stereocenters. The minimum atomic E-state index is -0.520. The minimum Gasteiger partial charge on any atom is -0.305 e. The number of carbonyl (C=O) groups is 1. The van der Waals surface area contributed by atoms with E-state index in [1.807, 2.05) is 50.2 Å². The molecule has 2 heterocycles. The molecule has 0 aliphatic carbocycles. The first kappa shape index (κ1) is 17.7. The van der Waals surface area contributed by atoms with Crippen LogP contribution in [0.4, 0.5) is 10.2 Å². The summed E-state index contributed by atoms with van der Waals surface area (Å²) in [5.74, 6) is -0.567. The Hall–Kier alpha value is -3.74. The zero-order chi connectivity index (χ0) is 19.7. The smallest absolute Gasteiger partial charge is 0.256 e. The largest absolute Gasteiger partial charge is 0.305 e. The van der Waals surface area contributed by atoms with E-state index in [0.717, 1.165) is 17.1 Å². The van der Waals surface area contributed by atoms with Gasteiger partial charge in [-0.25, -0.2) is 13.8 Å². The number of carbonyl (C=O) groups excluding carboxylic acids is 1. The first-order valence-corrected chi connectivity index (χ1v) is 8.77. The van der Waals surface area contributed by atoms with Crippen molar-refractivity contribution in [2.24, 2.45) is 0 Å². The van der Waals surface area contributed by atoms with Crippen molar-refractivity contribution in [3.8, 4) is 11.4 Å². The van der Waals surface area contributed by atoms with Crippen molar-refractivity contribution in [3.63, 3.8) is 0 Å². The molecule has 0 bridgehead atoms. The van der Waals surface area contributed by atoms with E-state index in [-0.39, 0.29) is 5.56 Å². The van der Waals surface area contributed by atoms with E-state index in [1.54, 1.807) is 29.1 Å². The number of hydrogen-bond donors (Lipinski definition) is 1. The van der Waals surface area contributed by atoms with Crippen LogP contribution >= 0.6 is 0 Å². The van der Waals surface area contributed by atoms with Crippen molar-refractivity contribution in [3.05, 3.63) is 89.6 Å². The number of aryl methyl sites for hydroxylation is 2. The average molecular weight is 375 g/mol. The van der Waals surface area contributed by atoms with Crippen LogP contribution in [0.2, 0.25) is 0 Å². The van der Waals surface area contributed by atoms with Gasteiger partial charge in [0.2, 0.25) is 0 Å². The maximum Gasteiger partial charge on any atom is 0.256 e. The Bertz CT molecular complexity index is 1150. The Kier molecular flexibility index (Phi) is 4.49. The summed E-state index contributed by atoms with van der Waals surface area (Å²) < 4.78 is 17.8. The van der Waals surface area contributed by atoms with E-state index in [0.29, 0.717) is 11.5 Å². The van der Waals surface area contributed by atoms with Crippen molar-refractivity contribution in [1.82, 2.24) is 19.6 Å². The maximum atomic E-state index is 14.6. The highest BCUT2D eigenvalue weighted by atomic mass is 19.1. The summed E-state index contributed by atoms with van der Waals surface area (Å²) in [5.41, 5.74) is 3.00. The van der Waals surface area contributed by atoms with Gasteiger partial charge < -0.3 is 5.32 Å². The van der Waals surface area contributed by atoms with Gasteiger partial charge in [-0.05, 0) is 50.2 Å². The maximum absolute atomic E-state index is 14.6. The van der Waals surface area contributed by atoms with Gasteiger partial charge in [-0.1, -0.05) is 18.2 Å². The lowest BCUT2D eigenvalue weighted by Gasteiger charge is -2.08. The molecule has 0 aliphatic heterocycles. The monoisotopic (exact) mass is 375 g/mol. The minimum absolute atomic E-state index is 0.206. The van der Waals surface area contributed by atoms with Gasteiger partial charge in [-0.15, -0.1) is 0 Å². The Morgan fingerprint density at radius 1 is 1.00 bits per heavy atom. The molecule has 2 aromatic carbocycles. The number of hydrogen-bond acceptors (Lipinski definition) is 3. The van der Waals surface area contributed by atoms with Crippen LogP contribution in [0.3, 0.4) is 0 Å². The van der Waals surface area contributed by atoms with Crippen LogP contribution in [0.15, 0.2) is 66.9 Å². The summed E-state index contributed by atoms with van der Waals surface area (Å²) in [6.45, 7) is 3.70. The summed E-state index contributed by atoms with van der Waals surface area (Å²) in [7, 11) is 0. The Morgan fingerprint density at radius 2 is 1.79 bits per heavy atom. The molecule has 4 rings (SSSR count). The summed E-state index contributed by atoms with van der Waals surface area (Å²) in [6, 6.07) is 17.4. The second-order valence-electron chi connectivity index (χ2n) is 6.44. The average Bonchev–Trinajstić information content (AvgIpc) is 3.28. The zero-order valence-electron chi connectivity index (χ0n) is 15.4. The number of aromatic nitrogens is 4. The second-order valence-corrected chi connectivity index (χ2v) is 6.44. The van der Waals surface area contributed by atoms with Gasteiger partial charge in [-0.3, -0.25) is 4.79 Å². The number of nitrogens with zero attached hydrogens (tertiary/aromatic N) is 4. The van der Waals surface area contributed by atoms with Crippen LogP contribution in [0, 0.1) is 19.7 Å². The number of benzene rings is 2. The first-order valence-electron chi connectivity index (χ1n) is 8.77. The predicted molar refractivity (Wildman–Crippen MR) is 105 cm³/mol. The van der Waals surface area contributed by atoms with Crippen molar-refractivity contribution in [1.29, 1.82) is 0 Å². The van der Waals surface area contributed by atoms with Crippen LogP contribution in [0.1, 0.15) is 21.7 Å². The van der Waals surface area contributed by atoms with Gasteiger partial charge in [0, 0.05) is 23.5 Å². The van der Waals surface area contributed by atoms with Crippen molar-refractivity contribution < 1.29 is 9.18 Å². The molecule has 0 saturated carbocycles. The molecule has 6 nitrogen and oxygen atoms in total. The Labute approximate surface area is 161 Å². The topological polar surface area (TPSA) is 64.7 Å². The first-order chi connectivity index (χ1) is 13.5. The molecule has 1 amide bonds. The molecule has 140 valence electrons. The lowest BCUT2D eigenvalue weighted by molar-refractivity contribution is 0.102. The molecule has 28 heavy (non-hydrogen) atoms. The summed E-state index contributed by atoms with van der Waals surface area (Å²) in [4.78, 5) is 12.5. The quantitative estimate of drug-likeness (QED) is 0.585. The fraction of sp³-hybridized carbons (Fsp3) is 0.0952. The van der Waals surface area contributed by atoms with Crippen LogP contribution in [0.5, 0.6) is 0 Å². The van der Waals surface area contributed by atoms with Gasteiger partial charge in [0.05, 0.1) is 11.4 Å². The molecule has 7 heteroatoms. The third kappa shape index (κ3) is 3.42. The highest BCUT2D eigenvalue weighted by Crippen LogP contribution is 2.18. The Balaban J connectivity index is 1.54. The highest BCUT2D eigenvalue weighted by Gasteiger charge is 2.14. The molecule has 4 aromatic rings. The van der Waals surface area contributed by atoms with Crippen LogP contribution in [-0.2, 0) is 0 Å². The molecule has 0 unspecified atom stereocenters. The lowest BCUT2D eigenvalue weighted by Crippen LogP contribution is -2.13. The van der Waals surface area contributed by atoms with Gasteiger partial charge in [0.15, 0.2) is 5.82 Å². The summed E-state index contributed by atoms with van der Waals surface area (Å²) >= 11 is 0. The van der Waals surface area contributed by atoms with Gasteiger partial charge >= 0.3 is 0 Å². The van der Waals surface area contributed by atoms with E-state index < -0.39 is 11.7 Å². The van der Waals surface area contributed by atoms with Crippen LogP contribution in [0.25, 0.3) is 11.4 Å². The van der Waals surface area contributed by atoms with E-state index in [4.69, 9.17) is 0 Å². The third-order valence-corrected chi connectivity index (χ3v) is 4.30. The van der Waals surface area contributed by atoms with E-state index in [1.165, 1.54) is 10.7 Å². The molecule has 0 spiro atoms. The molecular formula is C21H18FN5O. The number of amides is 1. The van der Waals surface area contributed by atoms with Crippen molar-refractivity contribution in [2.45, 2.75) is 13.8 Å². The van der Waals surface area contributed by atoms with E-state index in [2.05, 4.69) is 15.5 Å². The van der Waals surface area contributed by atoms with E-state index in [9.17, 15) is 9.18 Å². The number of rotatable bonds is 4. The SMILES string of the molecule is Cc1cc(C)n(-c2ccc(C(=O)Nc3ccn(-c4ccccc4)n3)cc2F)n1. The predicted octanol–water partition coefficient (Wildman–Crippen LogP) is 4.07. The molecular weight excluding hydrogens is 357 g/mol. The third-order valence-electron chi connectivity index (χ3n) is 4.30. The van der Waals surface area contributed by atoms with Crippen molar-refractivity contribution >= 4 is 11.7 Å².